The standard InChI is InChI=1S/C14H21NO3S/c1-5-6-7-9(2)13(16)15-11-10(3)8-19-12(11)14(17)18-4/h8-9H,5-7H2,1-4H3,(H,15,16)/t9-/m0/s1. The van der Waals surface area contributed by atoms with E-state index in [1.54, 1.807) is 0 Å². The zero-order chi connectivity index (χ0) is 14.4. The van der Waals surface area contributed by atoms with E-state index in [9.17, 15) is 9.59 Å². The second kappa shape index (κ2) is 7.28. The number of hydrogen-bond acceptors (Lipinski definition) is 4. The van der Waals surface area contributed by atoms with Crippen LogP contribution < -0.4 is 5.32 Å². The highest BCUT2D eigenvalue weighted by Crippen LogP contribution is 2.29. The molecule has 0 radical (unpaired) electrons. The lowest BCUT2D eigenvalue weighted by atomic mass is 10.0. The number of ether oxygens (including phenoxy) is 1. The van der Waals surface area contributed by atoms with Crippen LogP contribution in [0, 0.1) is 12.8 Å². The SMILES string of the molecule is CCCC[C@H](C)C(=O)Nc1c(C)csc1C(=O)OC. The van der Waals surface area contributed by atoms with Gasteiger partial charge in [0.05, 0.1) is 12.8 Å². The van der Waals surface area contributed by atoms with Crippen LogP contribution in [0.3, 0.4) is 0 Å². The molecule has 1 aromatic heterocycles. The molecule has 0 aliphatic heterocycles. The van der Waals surface area contributed by atoms with Gasteiger partial charge in [-0.05, 0) is 24.3 Å². The van der Waals surface area contributed by atoms with Crippen molar-refractivity contribution in [3.8, 4) is 0 Å². The molecule has 19 heavy (non-hydrogen) atoms. The molecule has 5 heteroatoms. The Bertz CT molecular complexity index is 454. The molecule has 1 atom stereocenters. The van der Waals surface area contributed by atoms with Gasteiger partial charge >= 0.3 is 5.97 Å². The van der Waals surface area contributed by atoms with Crippen molar-refractivity contribution < 1.29 is 14.3 Å². The Morgan fingerprint density at radius 2 is 2.16 bits per heavy atom. The van der Waals surface area contributed by atoms with Crippen molar-refractivity contribution in [1.29, 1.82) is 0 Å². The average Bonchev–Trinajstić information content (AvgIpc) is 2.76. The van der Waals surface area contributed by atoms with E-state index in [1.807, 2.05) is 19.2 Å². The van der Waals surface area contributed by atoms with Crippen molar-refractivity contribution in [3.05, 3.63) is 15.8 Å². The van der Waals surface area contributed by atoms with Crippen LogP contribution in [0.2, 0.25) is 0 Å². The summed E-state index contributed by atoms with van der Waals surface area (Å²) in [6.45, 7) is 5.88. The second-order valence-corrected chi connectivity index (χ2v) is 5.53. The van der Waals surface area contributed by atoms with Gasteiger partial charge in [0, 0.05) is 5.92 Å². The molecule has 0 unspecified atom stereocenters. The number of amides is 1. The second-order valence-electron chi connectivity index (χ2n) is 4.65. The number of anilines is 1. The van der Waals surface area contributed by atoms with Crippen molar-refractivity contribution in [2.45, 2.75) is 40.0 Å². The third kappa shape index (κ3) is 4.06. The molecule has 0 saturated carbocycles. The van der Waals surface area contributed by atoms with Gasteiger partial charge in [-0.3, -0.25) is 4.79 Å². The van der Waals surface area contributed by atoms with E-state index >= 15 is 0 Å². The maximum atomic E-state index is 12.1. The van der Waals surface area contributed by atoms with Crippen molar-refractivity contribution in [1.82, 2.24) is 0 Å². The van der Waals surface area contributed by atoms with Crippen molar-refractivity contribution in [2.24, 2.45) is 5.92 Å². The van der Waals surface area contributed by atoms with Gasteiger partial charge in [-0.1, -0.05) is 26.7 Å². The van der Waals surface area contributed by atoms with Gasteiger partial charge < -0.3 is 10.1 Å². The average molecular weight is 283 g/mol. The van der Waals surface area contributed by atoms with Crippen LogP contribution in [0.25, 0.3) is 0 Å². The highest BCUT2D eigenvalue weighted by Gasteiger charge is 2.20. The van der Waals surface area contributed by atoms with E-state index in [-0.39, 0.29) is 11.8 Å². The molecule has 1 rings (SSSR count). The van der Waals surface area contributed by atoms with Crippen LogP contribution in [0.5, 0.6) is 0 Å². The predicted molar refractivity (Wildman–Crippen MR) is 77.7 cm³/mol. The molecule has 106 valence electrons. The normalized spacial score (nSPS) is 12.0. The highest BCUT2D eigenvalue weighted by atomic mass is 32.1. The Kier molecular flexibility index (Phi) is 6.02. The third-order valence-corrected chi connectivity index (χ3v) is 4.11. The molecular weight excluding hydrogens is 262 g/mol. The molecule has 0 aromatic carbocycles. The number of methoxy groups -OCH3 is 1. The van der Waals surface area contributed by atoms with E-state index in [1.165, 1.54) is 18.4 Å². The number of hydrogen-bond donors (Lipinski definition) is 1. The molecule has 0 aliphatic rings. The molecule has 1 amide bonds. The first-order chi connectivity index (χ1) is 9.01. The number of thiophene rings is 1. The van der Waals surface area contributed by atoms with Crippen molar-refractivity contribution in [2.75, 3.05) is 12.4 Å². The number of carbonyl (C=O) groups is 2. The minimum Gasteiger partial charge on any atom is -0.465 e. The number of nitrogens with one attached hydrogen (secondary N) is 1. The predicted octanol–water partition coefficient (Wildman–Crippen LogP) is 3.61. The summed E-state index contributed by atoms with van der Waals surface area (Å²) in [5, 5.41) is 4.70. The van der Waals surface area contributed by atoms with E-state index < -0.39 is 5.97 Å². The van der Waals surface area contributed by atoms with Crippen molar-refractivity contribution >= 4 is 28.9 Å². The van der Waals surface area contributed by atoms with Gasteiger partial charge in [0.2, 0.25) is 5.91 Å². The molecule has 0 bridgehead atoms. The number of aryl methyl sites for hydroxylation is 1. The first-order valence-electron chi connectivity index (χ1n) is 6.48. The van der Waals surface area contributed by atoms with Crippen LogP contribution in [-0.2, 0) is 9.53 Å². The number of carbonyl (C=O) groups excluding carboxylic acids is 2. The fraction of sp³-hybridized carbons (Fsp3) is 0.571. The van der Waals surface area contributed by atoms with Crippen LogP contribution in [0.1, 0.15) is 48.3 Å². The summed E-state index contributed by atoms with van der Waals surface area (Å²) in [6.07, 6.45) is 2.96. The van der Waals surface area contributed by atoms with E-state index in [0.29, 0.717) is 10.6 Å². The van der Waals surface area contributed by atoms with Gasteiger partial charge in [0.1, 0.15) is 4.88 Å². The maximum absolute atomic E-state index is 12.1. The molecule has 0 saturated heterocycles. The van der Waals surface area contributed by atoms with E-state index in [2.05, 4.69) is 12.2 Å². The maximum Gasteiger partial charge on any atom is 0.350 e. The van der Waals surface area contributed by atoms with Crippen LogP contribution in [-0.4, -0.2) is 19.0 Å². The number of rotatable bonds is 6. The first kappa shape index (κ1) is 15.7. The summed E-state index contributed by atoms with van der Waals surface area (Å²) < 4.78 is 4.72. The lowest BCUT2D eigenvalue weighted by molar-refractivity contribution is -0.119. The largest absolute Gasteiger partial charge is 0.465 e. The topological polar surface area (TPSA) is 55.4 Å². The molecule has 0 aliphatic carbocycles. The first-order valence-corrected chi connectivity index (χ1v) is 7.36. The van der Waals surface area contributed by atoms with Gasteiger partial charge in [0.25, 0.3) is 0 Å². The lowest BCUT2D eigenvalue weighted by Crippen LogP contribution is -2.21. The number of unbranched alkanes of at least 4 members (excludes halogenated alkanes) is 1. The summed E-state index contributed by atoms with van der Waals surface area (Å²) in [5.41, 5.74) is 1.48. The van der Waals surface area contributed by atoms with Gasteiger partial charge in [0.15, 0.2) is 0 Å². The zero-order valence-corrected chi connectivity index (χ0v) is 12.7. The Hall–Kier alpha value is -1.36. The summed E-state index contributed by atoms with van der Waals surface area (Å²) in [5.74, 6) is -0.500. The fourth-order valence-electron chi connectivity index (χ4n) is 1.73. The zero-order valence-electron chi connectivity index (χ0n) is 11.9. The quantitative estimate of drug-likeness (QED) is 0.811. The van der Waals surface area contributed by atoms with E-state index in [0.717, 1.165) is 24.8 Å². The smallest absolute Gasteiger partial charge is 0.350 e. The summed E-state index contributed by atoms with van der Waals surface area (Å²) in [7, 11) is 1.34. The summed E-state index contributed by atoms with van der Waals surface area (Å²) in [4.78, 5) is 24.1. The molecule has 0 fully saturated rings. The Balaban J connectivity index is 2.78. The fourth-order valence-corrected chi connectivity index (χ4v) is 2.65. The summed E-state index contributed by atoms with van der Waals surface area (Å²) in [6, 6.07) is 0. The van der Waals surface area contributed by atoms with Crippen molar-refractivity contribution in [3.63, 3.8) is 0 Å². The molecule has 4 nitrogen and oxygen atoms in total. The van der Waals surface area contributed by atoms with E-state index in [4.69, 9.17) is 4.74 Å². The van der Waals surface area contributed by atoms with Crippen LogP contribution in [0.4, 0.5) is 5.69 Å². The Labute approximate surface area is 118 Å². The lowest BCUT2D eigenvalue weighted by Gasteiger charge is -2.12. The van der Waals surface area contributed by atoms with Gasteiger partial charge in [-0.25, -0.2) is 4.79 Å². The monoisotopic (exact) mass is 283 g/mol. The number of esters is 1. The molecular formula is C14H21NO3S. The molecule has 1 heterocycles. The molecule has 1 aromatic rings. The Morgan fingerprint density at radius 3 is 2.74 bits per heavy atom. The van der Waals surface area contributed by atoms with Gasteiger partial charge in [-0.2, -0.15) is 0 Å². The highest BCUT2D eigenvalue weighted by molar-refractivity contribution is 7.12. The van der Waals surface area contributed by atoms with Crippen LogP contribution in [0.15, 0.2) is 5.38 Å². The molecule has 1 N–H and O–H groups in total. The minimum absolute atomic E-state index is 0.0416. The third-order valence-electron chi connectivity index (χ3n) is 3.03. The van der Waals surface area contributed by atoms with Gasteiger partial charge in [-0.15, -0.1) is 11.3 Å². The Morgan fingerprint density at radius 1 is 1.47 bits per heavy atom. The minimum atomic E-state index is -0.408. The van der Waals surface area contributed by atoms with Crippen LogP contribution >= 0.6 is 11.3 Å². The molecule has 0 spiro atoms. The summed E-state index contributed by atoms with van der Waals surface area (Å²) >= 11 is 1.29.